The van der Waals surface area contributed by atoms with Gasteiger partial charge in [-0.3, -0.25) is 4.79 Å². The number of halogens is 2. The molecule has 1 N–H and O–H groups in total. The number of hydrogen-bond donors (Lipinski definition) is 1. The number of nitrogens with zero attached hydrogens (tertiary/aromatic N) is 1. The second kappa shape index (κ2) is 10.9. The van der Waals surface area contributed by atoms with E-state index in [1.807, 2.05) is 0 Å². The van der Waals surface area contributed by atoms with Gasteiger partial charge in [0, 0.05) is 0 Å². The van der Waals surface area contributed by atoms with E-state index in [0.29, 0.717) is 17.1 Å². The molecule has 1 amide bonds. The Labute approximate surface area is 188 Å². The molecule has 0 aromatic heterocycles. The van der Waals surface area contributed by atoms with Gasteiger partial charge in [-0.25, -0.2) is 14.6 Å². The van der Waals surface area contributed by atoms with Gasteiger partial charge in [-0.1, -0.05) is 23.7 Å². The Morgan fingerprint density at radius 1 is 1.06 bits per heavy atom. The number of hydrogen-bond acceptors (Lipinski definition) is 6. The Kier molecular flexibility index (Phi) is 7.77. The van der Waals surface area contributed by atoms with Crippen molar-refractivity contribution in [2.45, 2.75) is 0 Å². The lowest BCUT2D eigenvalue weighted by Crippen LogP contribution is -2.24. The Morgan fingerprint density at radius 3 is 2.53 bits per heavy atom. The van der Waals surface area contributed by atoms with Gasteiger partial charge in [0.2, 0.25) is 0 Å². The first-order chi connectivity index (χ1) is 15.5. The van der Waals surface area contributed by atoms with Crippen molar-refractivity contribution in [2.75, 3.05) is 13.7 Å². The first-order valence-corrected chi connectivity index (χ1v) is 9.69. The largest absolute Gasteiger partial charge is 0.493 e. The predicted octanol–water partition coefficient (Wildman–Crippen LogP) is 4.24. The Hall–Kier alpha value is -3.91. The van der Waals surface area contributed by atoms with Gasteiger partial charge in [-0.15, -0.1) is 0 Å². The number of rotatable bonds is 8. The maximum absolute atomic E-state index is 12.9. The molecule has 0 heterocycles. The maximum Gasteiger partial charge on any atom is 0.345 e. The van der Waals surface area contributed by atoms with Crippen LogP contribution in [0.15, 0.2) is 71.8 Å². The van der Waals surface area contributed by atoms with Gasteiger partial charge in [0.1, 0.15) is 11.6 Å². The van der Waals surface area contributed by atoms with Gasteiger partial charge < -0.3 is 14.2 Å². The third kappa shape index (κ3) is 6.29. The highest BCUT2D eigenvalue weighted by Gasteiger charge is 2.15. The highest BCUT2D eigenvalue weighted by atomic mass is 35.5. The van der Waals surface area contributed by atoms with Crippen LogP contribution < -0.4 is 19.6 Å². The van der Waals surface area contributed by atoms with Crippen molar-refractivity contribution in [3.8, 4) is 17.2 Å². The van der Waals surface area contributed by atoms with Crippen molar-refractivity contribution >= 4 is 29.7 Å². The molecular formula is C23H18ClFN2O5. The van der Waals surface area contributed by atoms with Crippen molar-refractivity contribution < 1.29 is 28.2 Å². The zero-order valence-electron chi connectivity index (χ0n) is 16.9. The summed E-state index contributed by atoms with van der Waals surface area (Å²) >= 11 is 6.02. The number of amides is 1. The van der Waals surface area contributed by atoms with Crippen molar-refractivity contribution in [2.24, 2.45) is 5.10 Å². The zero-order chi connectivity index (χ0) is 22.9. The minimum Gasteiger partial charge on any atom is -0.493 e. The monoisotopic (exact) mass is 456 g/mol. The molecule has 0 fully saturated rings. The van der Waals surface area contributed by atoms with Crippen LogP contribution >= 0.6 is 11.6 Å². The highest BCUT2D eigenvalue weighted by Crippen LogP contribution is 2.29. The summed E-state index contributed by atoms with van der Waals surface area (Å²) in [5.41, 5.74) is 3.13. The zero-order valence-corrected chi connectivity index (χ0v) is 17.6. The minimum atomic E-state index is -0.622. The molecular weight excluding hydrogens is 439 g/mol. The molecule has 9 heteroatoms. The lowest BCUT2D eigenvalue weighted by Gasteiger charge is -2.10. The minimum absolute atomic E-state index is 0.200. The average molecular weight is 457 g/mol. The topological polar surface area (TPSA) is 86.2 Å². The van der Waals surface area contributed by atoms with E-state index >= 15 is 0 Å². The first-order valence-electron chi connectivity index (χ1n) is 9.31. The van der Waals surface area contributed by atoms with Gasteiger partial charge in [0.05, 0.1) is 23.9 Å². The van der Waals surface area contributed by atoms with E-state index in [-0.39, 0.29) is 22.9 Å². The van der Waals surface area contributed by atoms with Crippen LogP contribution in [0.1, 0.15) is 15.9 Å². The summed E-state index contributed by atoms with van der Waals surface area (Å²) < 4.78 is 28.7. The van der Waals surface area contributed by atoms with E-state index in [1.165, 1.54) is 43.7 Å². The standard InChI is InChI=1S/C23H18ClFN2O5/c1-30-21-12-15(6-11-20(21)32-23(29)18-4-2-3-5-19(18)24)13-26-27-22(28)14-31-17-9-7-16(25)8-10-17/h2-13H,14H2,1H3,(H,27,28). The molecule has 3 rings (SSSR count). The lowest BCUT2D eigenvalue weighted by molar-refractivity contribution is -0.123. The van der Waals surface area contributed by atoms with E-state index in [4.69, 9.17) is 25.8 Å². The van der Waals surface area contributed by atoms with Gasteiger partial charge in [-0.05, 0) is 60.2 Å². The van der Waals surface area contributed by atoms with E-state index in [2.05, 4.69) is 10.5 Å². The Balaban J connectivity index is 1.57. The number of nitrogens with one attached hydrogen (secondary N) is 1. The number of benzene rings is 3. The van der Waals surface area contributed by atoms with Crippen LogP contribution in [0.5, 0.6) is 17.2 Å². The van der Waals surface area contributed by atoms with E-state index in [9.17, 15) is 14.0 Å². The third-order valence-electron chi connectivity index (χ3n) is 4.07. The highest BCUT2D eigenvalue weighted by molar-refractivity contribution is 6.33. The van der Waals surface area contributed by atoms with E-state index in [0.717, 1.165) is 0 Å². The number of ether oxygens (including phenoxy) is 3. The quantitative estimate of drug-likeness (QED) is 0.237. The molecule has 0 aliphatic carbocycles. The number of carbonyl (C=O) groups is 2. The molecule has 0 aliphatic rings. The molecule has 0 atom stereocenters. The van der Waals surface area contributed by atoms with E-state index < -0.39 is 17.7 Å². The summed E-state index contributed by atoms with van der Waals surface area (Å²) in [6, 6.07) is 16.6. The number of carbonyl (C=O) groups excluding carboxylic acids is 2. The fraction of sp³-hybridized carbons (Fsp3) is 0.0870. The summed E-state index contributed by atoms with van der Waals surface area (Å²) in [5.74, 6) is -0.665. The lowest BCUT2D eigenvalue weighted by atomic mass is 10.2. The van der Waals surface area contributed by atoms with Crippen molar-refractivity contribution in [1.82, 2.24) is 5.43 Å². The van der Waals surface area contributed by atoms with Crippen LogP contribution in [-0.4, -0.2) is 31.8 Å². The van der Waals surface area contributed by atoms with Crippen LogP contribution in [0.3, 0.4) is 0 Å². The summed E-state index contributed by atoms with van der Waals surface area (Å²) in [6.07, 6.45) is 1.39. The molecule has 3 aromatic carbocycles. The van der Waals surface area contributed by atoms with Crippen LogP contribution in [0.2, 0.25) is 5.02 Å². The predicted molar refractivity (Wildman–Crippen MR) is 117 cm³/mol. The number of hydrazone groups is 1. The summed E-state index contributed by atoms with van der Waals surface area (Å²) in [6.45, 7) is -0.288. The van der Waals surface area contributed by atoms with Crippen molar-refractivity contribution in [1.29, 1.82) is 0 Å². The van der Waals surface area contributed by atoms with Crippen LogP contribution in [0, 0.1) is 5.82 Å². The normalized spacial score (nSPS) is 10.6. The van der Waals surface area contributed by atoms with Gasteiger partial charge in [-0.2, -0.15) is 5.10 Å². The number of methoxy groups -OCH3 is 1. The average Bonchev–Trinajstić information content (AvgIpc) is 2.79. The van der Waals surface area contributed by atoms with E-state index in [1.54, 1.807) is 36.4 Å². The summed E-state index contributed by atoms with van der Waals surface area (Å²) in [4.78, 5) is 24.2. The fourth-order valence-corrected chi connectivity index (χ4v) is 2.73. The molecule has 0 spiro atoms. The van der Waals surface area contributed by atoms with Crippen molar-refractivity contribution in [3.05, 3.63) is 88.7 Å². The molecule has 0 unspecified atom stereocenters. The fourth-order valence-electron chi connectivity index (χ4n) is 2.52. The molecule has 164 valence electrons. The summed E-state index contributed by atoms with van der Waals surface area (Å²) in [5, 5.41) is 4.13. The molecule has 0 radical (unpaired) electrons. The van der Waals surface area contributed by atoms with Crippen molar-refractivity contribution in [3.63, 3.8) is 0 Å². The second-order valence-electron chi connectivity index (χ2n) is 6.32. The SMILES string of the molecule is COc1cc(C=NNC(=O)COc2ccc(F)cc2)ccc1OC(=O)c1ccccc1Cl. The summed E-state index contributed by atoms with van der Waals surface area (Å²) in [7, 11) is 1.43. The van der Waals surface area contributed by atoms with Crippen LogP contribution in [-0.2, 0) is 4.79 Å². The molecule has 3 aromatic rings. The molecule has 0 saturated carbocycles. The molecule has 32 heavy (non-hydrogen) atoms. The third-order valence-corrected chi connectivity index (χ3v) is 4.40. The Bertz CT molecular complexity index is 1140. The number of esters is 1. The first kappa shape index (κ1) is 22.8. The molecule has 0 aliphatic heterocycles. The van der Waals surface area contributed by atoms with Gasteiger partial charge in [0.25, 0.3) is 5.91 Å². The van der Waals surface area contributed by atoms with Gasteiger partial charge >= 0.3 is 5.97 Å². The molecule has 7 nitrogen and oxygen atoms in total. The van der Waals surface area contributed by atoms with Crippen LogP contribution in [0.4, 0.5) is 4.39 Å². The smallest absolute Gasteiger partial charge is 0.345 e. The van der Waals surface area contributed by atoms with Gasteiger partial charge in [0.15, 0.2) is 18.1 Å². The Morgan fingerprint density at radius 2 is 1.81 bits per heavy atom. The molecule has 0 bridgehead atoms. The maximum atomic E-state index is 12.9. The molecule has 0 saturated heterocycles. The van der Waals surface area contributed by atoms with Crippen LogP contribution in [0.25, 0.3) is 0 Å². The second-order valence-corrected chi connectivity index (χ2v) is 6.72.